The number of halogens is 3. The maximum Gasteiger partial charge on any atom is 0.416 e. The summed E-state index contributed by atoms with van der Waals surface area (Å²) >= 11 is 0. The van der Waals surface area contributed by atoms with Gasteiger partial charge in [0.05, 0.1) is 12.1 Å². The number of pyridine rings is 1. The lowest BCUT2D eigenvalue weighted by Gasteiger charge is -2.12. The number of alkyl halides is 3. The van der Waals surface area contributed by atoms with Crippen molar-refractivity contribution in [3.63, 3.8) is 0 Å². The van der Waals surface area contributed by atoms with Crippen molar-refractivity contribution in [3.05, 3.63) is 53.7 Å². The summed E-state index contributed by atoms with van der Waals surface area (Å²) in [6, 6.07) is 7.09. The number of nitrogens with zero attached hydrogens (tertiary/aromatic N) is 1. The van der Waals surface area contributed by atoms with Gasteiger partial charge in [-0.2, -0.15) is 13.2 Å². The average Bonchev–Trinajstić information content (AvgIpc) is 2.64. The number of carbonyl (C=O) groups is 3. The summed E-state index contributed by atoms with van der Waals surface area (Å²) in [5.74, 6) is -2.50. The number of amides is 2. The quantitative estimate of drug-likeness (QED) is 0.611. The van der Waals surface area contributed by atoms with Crippen LogP contribution >= 0.6 is 0 Å². The van der Waals surface area contributed by atoms with Gasteiger partial charge in [0.15, 0.2) is 6.61 Å². The van der Waals surface area contributed by atoms with Crippen molar-refractivity contribution in [2.75, 3.05) is 18.5 Å². The van der Waals surface area contributed by atoms with Crippen molar-refractivity contribution in [3.8, 4) is 0 Å². The van der Waals surface area contributed by atoms with E-state index in [0.29, 0.717) is 0 Å². The zero-order valence-corrected chi connectivity index (χ0v) is 14.2. The second kappa shape index (κ2) is 8.84. The van der Waals surface area contributed by atoms with E-state index in [-0.39, 0.29) is 17.1 Å². The molecule has 8 nitrogen and oxygen atoms in total. The number of nitrogens with one attached hydrogen (secondary N) is 2. The molecule has 0 spiro atoms. The Morgan fingerprint density at radius 1 is 1.14 bits per heavy atom. The third-order valence-corrected chi connectivity index (χ3v) is 3.27. The highest BCUT2D eigenvalue weighted by molar-refractivity contribution is 5.96. The fourth-order valence-electron chi connectivity index (χ4n) is 2.03. The van der Waals surface area contributed by atoms with Gasteiger partial charge >= 0.3 is 12.1 Å². The summed E-state index contributed by atoms with van der Waals surface area (Å²) in [5, 5.41) is 4.76. The van der Waals surface area contributed by atoms with E-state index in [9.17, 15) is 27.6 Å². The highest BCUT2D eigenvalue weighted by atomic mass is 19.4. The molecule has 0 aliphatic carbocycles. The van der Waals surface area contributed by atoms with E-state index in [1.165, 1.54) is 30.5 Å². The van der Waals surface area contributed by atoms with Crippen LogP contribution in [0.4, 0.5) is 24.7 Å². The Kier molecular flexibility index (Phi) is 6.53. The van der Waals surface area contributed by atoms with Crippen LogP contribution in [0.25, 0.3) is 0 Å². The summed E-state index contributed by atoms with van der Waals surface area (Å²) in [4.78, 5) is 38.1. The number of carbonyl (C=O) groups excluding carboxylic acids is 3. The average molecular weight is 396 g/mol. The number of aromatic nitrogens is 1. The lowest BCUT2D eigenvalue weighted by Crippen LogP contribution is -2.36. The number of rotatable bonds is 7. The first-order valence-electron chi connectivity index (χ1n) is 7.78. The van der Waals surface area contributed by atoms with Crippen LogP contribution in [0.1, 0.15) is 15.9 Å². The van der Waals surface area contributed by atoms with Crippen LogP contribution < -0.4 is 16.4 Å². The van der Waals surface area contributed by atoms with Gasteiger partial charge in [-0.15, -0.1) is 0 Å². The van der Waals surface area contributed by atoms with E-state index in [1.807, 2.05) is 0 Å². The SMILES string of the molecule is NC(=O)CNC(=O)COC(=O)c1cccnc1Nc1cccc(C(F)(F)F)c1. The molecule has 4 N–H and O–H groups in total. The van der Waals surface area contributed by atoms with Gasteiger partial charge in [-0.3, -0.25) is 9.59 Å². The van der Waals surface area contributed by atoms with E-state index >= 15 is 0 Å². The van der Waals surface area contributed by atoms with Crippen molar-refractivity contribution in [1.82, 2.24) is 10.3 Å². The minimum absolute atomic E-state index is 0.0515. The minimum Gasteiger partial charge on any atom is -0.452 e. The molecule has 1 heterocycles. The minimum atomic E-state index is -4.53. The maximum absolute atomic E-state index is 12.8. The first kappa shape index (κ1) is 20.7. The van der Waals surface area contributed by atoms with Crippen LogP contribution in [0.15, 0.2) is 42.6 Å². The number of benzene rings is 1. The fraction of sp³-hybridized carbons (Fsp3) is 0.176. The molecule has 0 unspecified atom stereocenters. The first-order valence-corrected chi connectivity index (χ1v) is 7.78. The van der Waals surface area contributed by atoms with E-state index in [2.05, 4.69) is 15.6 Å². The second-order valence-corrected chi connectivity index (χ2v) is 5.42. The van der Waals surface area contributed by atoms with Crippen LogP contribution in [0.5, 0.6) is 0 Å². The molecular formula is C17H15F3N4O4. The van der Waals surface area contributed by atoms with E-state index in [0.717, 1.165) is 12.1 Å². The van der Waals surface area contributed by atoms with Crippen molar-refractivity contribution < 1.29 is 32.3 Å². The van der Waals surface area contributed by atoms with Gasteiger partial charge < -0.3 is 21.1 Å². The normalized spacial score (nSPS) is 10.8. The Balaban J connectivity index is 2.09. The van der Waals surface area contributed by atoms with Gasteiger partial charge in [0.25, 0.3) is 5.91 Å². The lowest BCUT2D eigenvalue weighted by atomic mass is 10.2. The number of nitrogens with two attached hydrogens (primary N) is 1. The summed E-state index contributed by atoms with van der Waals surface area (Å²) in [5.41, 5.74) is 3.96. The smallest absolute Gasteiger partial charge is 0.416 e. The molecule has 11 heteroatoms. The van der Waals surface area contributed by atoms with Crippen molar-refractivity contribution >= 4 is 29.3 Å². The molecule has 0 atom stereocenters. The molecule has 148 valence electrons. The van der Waals surface area contributed by atoms with Crippen molar-refractivity contribution in [2.45, 2.75) is 6.18 Å². The molecule has 0 bridgehead atoms. The third-order valence-electron chi connectivity index (χ3n) is 3.27. The molecule has 1 aromatic heterocycles. The van der Waals surface area contributed by atoms with Crippen LogP contribution in [-0.2, 0) is 20.5 Å². The van der Waals surface area contributed by atoms with Gasteiger partial charge in [-0.1, -0.05) is 6.07 Å². The van der Waals surface area contributed by atoms with E-state index in [1.54, 1.807) is 0 Å². The topological polar surface area (TPSA) is 123 Å². The molecule has 0 radical (unpaired) electrons. The number of anilines is 2. The van der Waals surface area contributed by atoms with Crippen LogP contribution in [-0.4, -0.2) is 35.9 Å². The molecule has 2 aromatic rings. The summed E-state index contributed by atoms with van der Waals surface area (Å²) in [6.45, 7) is -1.09. The van der Waals surface area contributed by atoms with Gasteiger partial charge in [-0.05, 0) is 30.3 Å². The standard InChI is InChI=1S/C17H15F3N4O4/c18-17(19,20)10-3-1-4-11(7-10)24-15-12(5-2-6-22-15)16(27)28-9-14(26)23-8-13(21)25/h1-7H,8-9H2,(H2,21,25)(H,22,24)(H,23,26). The van der Waals surface area contributed by atoms with E-state index in [4.69, 9.17) is 10.5 Å². The molecule has 2 amide bonds. The van der Waals surface area contributed by atoms with Gasteiger partial charge in [0, 0.05) is 11.9 Å². The Labute approximate surface area is 156 Å². The molecule has 0 saturated heterocycles. The first-order chi connectivity index (χ1) is 13.2. The number of primary amides is 1. The predicted molar refractivity (Wildman–Crippen MR) is 91.5 cm³/mol. The summed E-state index contributed by atoms with van der Waals surface area (Å²) < 4.78 is 43.3. The van der Waals surface area contributed by atoms with Gasteiger partial charge in [0.1, 0.15) is 11.4 Å². The van der Waals surface area contributed by atoms with Crippen molar-refractivity contribution in [2.24, 2.45) is 5.73 Å². The Bertz CT molecular complexity index is 887. The van der Waals surface area contributed by atoms with Gasteiger partial charge in [-0.25, -0.2) is 9.78 Å². The lowest BCUT2D eigenvalue weighted by molar-refractivity contribution is -0.137. The summed E-state index contributed by atoms with van der Waals surface area (Å²) in [6.07, 6.45) is -3.20. The van der Waals surface area contributed by atoms with Crippen LogP contribution in [0.2, 0.25) is 0 Å². The van der Waals surface area contributed by atoms with Crippen LogP contribution in [0, 0.1) is 0 Å². The predicted octanol–water partition coefficient (Wildman–Crippen LogP) is 1.60. The highest BCUT2D eigenvalue weighted by Gasteiger charge is 2.30. The second-order valence-electron chi connectivity index (χ2n) is 5.42. The molecular weight excluding hydrogens is 381 g/mol. The molecule has 0 fully saturated rings. The number of esters is 1. The zero-order valence-electron chi connectivity index (χ0n) is 14.2. The molecule has 1 aromatic carbocycles. The maximum atomic E-state index is 12.8. The fourth-order valence-corrected chi connectivity index (χ4v) is 2.03. The molecule has 28 heavy (non-hydrogen) atoms. The molecule has 2 rings (SSSR count). The van der Waals surface area contributed by atoms with Crippen LogP contribution in [0.3, 0.4) is 0 Å². The number of hydrogen-bond donors (Lipinski definition) is 3. The summed E-state index contributed by atoms with van der Waals surface area (Å²) in [7, 11) is 0. The highest BCUT2D eigenvalue weighted by Crippen LogP contribution is 2.31. The Morgan fingerprint density at radius 2 is 1.89 bits per heavy atom. The molecule has 0 aliphatic heterocycles. The number of hydrogen-bond acceptors (Lipinski definition) is 6. The zero-order chi connectivity index (χ0) is 20.7. The van der Waals surface area contributed by atoms with Gasteiger partial charge in [0.2, 0.25) is 5.91 Å². The van der Waals surface area contributed by atoms with Crippen molar-refractivity contribution in [1.29, 1.82) is 0 Å². The third kappa shape index (κ3) is 5.97. The largest absolute Gasteiger partial charge is 0.452 e. The van der Waals surface area contributed by atoms with E-state index < -0.39 is 42.7 Å². The molecule has 0 saturated carbocycles. The molecule has 0 aliphatic rings. The Hall–Kier alpha value is -3.63. The Morgan fingerprint density at radius 3 is 2.57 bits per heavy atom. The number of ether oxygens (including phenoxy) is 1. The monoisotopic (exact) mass is 396 g/mol.